The fraction of sp³-hybridized carbons (Fsp3) is 0.900. The van der Waals surface area contributed by atoms with E-state index in [2.05, 4.69) is 5.32 Å². The average Bonchev–Trinajstić information content (AvgIpc) is 1.76. The molecule has 1 amide bonds. The molecule has 0 saturated heterocycles. The van der Waals surface area contributed by atoms with Crippen LogP contribution >= 0.6 is 11.6 Å². The number of alkyl carbamates (subject to hydrolysis) is 1. The van der Waals surface area contributed by atoms with Gasteiger partial charge in [-0.2, -0.15) is 0 Å². The van der Waals surface area contributed by atoms with Gasteiger partial charge in [0.25, 0.3) is 0 Å². The molecule has 14 heavy (non-hydrogen) atoms. The summed E-state index contributed by atoms with van der Waals surface area (Å²) in [5.74, 6) is 0. The molecule has 0 unspecified atom stereocenters. The zero-order valence-electron chi connectivity index (χ0n) is 8.82. The predicted molar refractivity (Wildman–Crippen MR) is 54.5 cm³/mol. The molecule has 0 radical (unpaired) electrons. The highest BCUT2D eigenvalue weighted by atomic mass is 35.5. The minimum atomic E-state index is -0.424. The summed E-state index contributed by atoms with van der Waals surface area (Å²) in [6.07, 6.45) is 2.35. The van der Waals surface area contributed by atoms with Gasteiger partial charge < -0.3 is 10.1 Å². The van der Waals surface area contributed by atoms with Crippen molar-refractivity contribution in [2.75, 3.05) is 0 Å². The Labute approximate surface area is 89.1 Å². The normalized spacial score (nSPS) is 39.4. The maximum Gasteiger partial charge on any atom is 0.408 e. The lowest BCUT2D eigenvalue weighted by Crippen LogP contribution is -2.76. The number of carbonyl (C=O) groups is 1. The summed E-state index contributed by atoms with van der Waals surface area (Å²) in [5, 5.41) is 2.89. The Morgan fingerprint density at radius 1 is 1.36 bits per heavy atom. The van der Waals surface area contributed by atoms with Crippen LogP contribution in [0.1, 0.15) is 40.0 Å². The topological polar surface area (TPSA) is 38.3 Å². The SMILES string of the molecule is CC(C)(C)OC(=O)NC12CC(Cl)(C1)C2. The van der Waals surface area contributed by atoms with Crippen molar-refractivity contribution in [2.45, 2.75) is 56.0 Å². The summed E-state index contributed by atoms with van der Waals surface area (Å²) < 4.78 is 5.17. The summed E-state index contributed by atoms with van der Waals surface area (Å²) in [5.41, 5.74) is -0.462. The first-order chi connectivity index (χ1) is 6.22. The zero-order valence-corrected chi connectivity index (χ0v) is 9.57. The van der Waals surface area contributed by atoms with Crippen molar-refractivity contribution in [1.82, 2.24) is 5.32 Å². The van der Waals surface area contributed by atoms with Gasteiger partial charge in [0, 0.05) is 5.54 Å². The molecule has 3 fully saturated rings. The molecule has 0 aliphatic heterocycles. The smallest absolute Gasteiger partial charge is 0.408 e. The molecule has 3 nitrogen and oxygen atoms in total. The second kappa shape index (κ2) is 2.57. The third-order valence-electron chi connectivity index (χ3n) is 2.73. The lowest BCUT2D eigenvalue weighted by molar-refractivity contribution is -0.0342. The van der Waals surface area contributed by atoms with Crippen LogP contribution in [0.15, 0.2) is 0 Å². The van der Waals surface area contributed by atoms with Gasteiger partial charge in [-0.1, -0.05) is 0 Å². The van der Waals surface area contributed by atoms with E-state index >= 15 is 0 Å². The fourth-order valence-corrected chi connectivity index (χ4v) is 3.08. The molecule has 4 heteroatoms. The standard InChI is InChI=1S/C10H16ClNO2/c1-8(2,3)14-7(13)12-10-4-9(11,5-10)6-10/h4-6H2,1-3H3,(H,12,13). The van der Waals surface area contributed by atoms with Crippen molar-refractivity contribution >= 4 is 17.7 Å². The lowest BCUT2D eigenvalue weighted by atomic mass is 9.49. The maximum atomic E-state index is 11.4. The van der Waals surface area contributed by atoms with Crippen molar-refractivity contribution in [2.24, 2.45) is 0 Å². The number of halogens is 1. The van der Waals surface area contributed by atoms with Crippen LogP contribution < -0.4 is 5.32 Å². The van der Waals surface area contributed by atoms with Crippen molar-refractivity contribution in [1.29, 1.82) is 0 Å². The maximum absolute atomic E-state index is 11.4. The monoisotopic (exact) mass is 217 g/mol. The molecule has 0 heterocycles. The number of ether oxygens (including phenoxy) is 1. The van der Waals surface area contributed by atoms with Gasteiger partial charge in [-0.05, 0) is 40.0 Å². The van der Waals surface area contributed by atoms with Crippen LogP contribution in [0, 0.1) is 0 Å². The van der Waals surface area contributed by atoms with Gasteiger partial charge in [0.2, 0.25) is 0 Å². The Morgan fingerprint density at radius 3 is 2.21 bits per heavy atom. The largest absolute Gasteiger partial charge is 0.444 e. The molecule has 3 aliphatic rings. The van der Waals surface area contributed by atoms with E-state index < -0.39 is 5.60 Å². The van der Waals surface area contributed by atoms with Crippen LogP contribution in [0.25, 0.3) is 0 Å². The van der Waals surface area contributed by atoms with Crippen molar-refractivity contribution in [3.8, 4) is 0 Å². The first-order valence-electron chi connectivity index (χ1n) is 4.92. The van der Waals surface area contributed by atoms with Crippen molar-refractivity contribution < 1.29 is 9.53 Å². The quantitative estimate of drug-likeness (QED) is 0.686. The zero-order chi connectivity index (χ0) is 10.6. The molecule has 0 spiro atoms. The van der Waals surface area contributed by atoms with E-state index in [4.69, 9.17) is 16.3 Å². The summed E-state index contributed by atoms with van der Waals surface area (Å²) in [6, 6.07) is 0. The summed E-state index contributed by atoms with van der Waals surface area (Å²) >= 11 is 6.08. The number of amides is 1. The van der Waals surface area contributed by atoms with Crippen LogP contribution in [0.4, 0.5) is 4.79 Å². The molecule has 3 rings (SSSR count). The Morgan fingerprint density at radius 2 is 1.86 bits per heavy atom. The van der Waals surface area contributed by atoms with E-state index in [1.165, 1.54) is 0 Å². The number of carbonyl (C=O) groups excluding carboxylic acids is 1. The molecular formula is C10H16ClNO2. The van der Waals surface area contributed by atoms with Gasteiger partial charge in [-0.25, -0.2) is 4.79 Å². The molecule has 1 N–H and O–H groups in total. The average molecular weight is 218 g/mol. The van der Waals surface area contributed by atoms with E-state index in [0.717, 1.165) is 19.3 Å². The van der Waals surface area contributed by atoms with Gasteiger partial charge in [-0.3, -0.25) is 0 Å². The first-order valence-corrected chi connectivity index (χ1v) is 5.30. The van der Waals surface area contributed by atoms with E-state index in [0.29, 0.717) is 0 Å². The number of alkyl halides is 1. The second-order valence-corrected chi connectivity index (χ2v) is 6.39. The van der Waals surface area contributed by atoms with Gasteiger partial charge in [0.1, 0.15) is 5.60 Å². The number of rotatable bonds is 1. The second-order valence-electron chi connectivity index (χ2n) is 5.59. The van der Waals surface area contributed by atoms with E-state index in [-0.39, 0.29) is 16.5 Å². The van der Waals surface area contributed by atoms with Crippen LogP contribution in [0.2, 0.25) is 0 Å². The molecule has 2 bridgehead atoms. The minimum Gasteiger partial charge on any atom is -0.444 e. The molecule has 0 aromatic rings. The van der Waals surface area contributed by atoms with Crippen molar-refractivity contribution in [3.05, 3.63) is 0 Å². The Kier molecular flexibility index (Phi) is 1.85. The van der Waals surface area contributed by atoms with Gasteiger partial charge >= 0.3 is 6.09 Å². The molecule has 3 aliphatic carbocycles. The van der Waals surface area contributed by atoms with Crippen molar-refractivity contribution in [3.63, 3.8) is 0 Å². The number of nitrogens with one attached hydrogen (secondary N) is 1. The van der Waals surface area contributed by atoms with Gasteiger partial charge in [0.15, 0.2) is 0 Å². The Balaban J connectivity index is 1.80. The van der Waals surface area contributed by atoms with Crippen LogP contribution in [-0.4, -0.2) is 22.1 Å². The van der Waals surface area contributed by atoms with Crippen LogP contribution in [0.5, 0.6) is 0 Å². The van der Waals surface area contributed by atoms with E-state index in [1.54, 1.807) is 0 Å². The Hall–Kier alpha value is -0.440. The highest BCUT2D eigenvalue weighted by Gasteiger charge is 2.68. The highest BCUT2D eigenvalue weighted by Crippen LogP contribution is 2.64. The molecule has 0 aromatic carbocycles. The molecule has 3 saturated carbocycles. The highest BCUT2D eigenvalue weighted by molar-refractivity contribution is 6.26. The molecule has 0 aromatic heterocycles. The van der Waals surface area contributed by atoms with Gasteiger partial charge in [0.05, 0.1) is 4.87 Å². The lowest BCUT2D eigenvalue weighted by Gasteiger charge is -2.67. The molecule has 0 atom stereocenters. The third-order valence-corrected chi connectivity index (χ3v) is 3.13. The fourth-order valence-electron chi connectivity index (χ4n) is 2.32. The van der Waals surface area contributed by atoms with Gasteiger partial charge in [-0.15, -0.1) is 11.6 Å². The van der Waals surface area contributed by atoms with Crippen LogP contribution in [-0.2, 0) is 4.74 Å². The number of hydrogen-bond donors (Lipinski definition) is 1. The van der Waals surface area contributed by atoms with E-state index in [9.17, 15) is 4.79 Å². The Bertz CT molecular complexity index is 263. The number of hydrogen-bond acceptors (Lipinski definition) is 2. The van der Waals surface area contributed by atoms with E-state index in [1.807, 2.05) is 20.8 Å². The summed E-state index contributed by atoms with van der Waals surface area (Å²) in [7, 11) is 0. The summed E-state index contributed by atoms with van der Waals surface area (Å²) in [6.45, 7) is 5.58. The summed E-state index contributed by atoms with van der Waals surface area (Å²) in [4.78, 5) is 11.4. The predicted octanol–water partition coefficient (Wildman–Crippen LogP) is 2.43. The van der Waals surface area contributed by atoms with Crippen LogP contribution in [0.3, 0.4) is 0 Å². The molecular weight excluding hydrogens is 202 g/mol. The minimum absolute atomic E-state index is 0.00495. The first kappa shape index (κ1) is 10.1. The third kappa shape index (κ3) is 1.70. The molecule has 80 valence electrons.